The molecule has 1 saturated heterocycles. The lowest BCUT2D eigenvalue weighted by Gasteiger charge is -2.17. The van der Waals surface area contributed by atoms with Crippen LogP contribution in [0, 0.1) is 0 Å². The van der Waals surface area contributed by atoms with Crippen LogP contribution in [0.2, 0.25) is 0 Å². The van der Waals surface area contributed by atoms with Crippen molar-refractivity contribution in [3.8, 4) is 0 Å². The van der Waals surface area contributed by atoms with E-state index in [2.05, 4.69) is 4.83 Å². The number of hydrazine groups is 1. The third-order valence-corrected chi connectivity index (χ3v) is 3.74. The highest BCUT2D eigenvalue weighted by atomic mass is 32.2. The summed E-state index contributed by atoms with van der Waals surface area (Å²) in [5, 5.41) is 1.42. The predicted octanol–water partition coefficient (Wildman–Crippen LogP) is 0.325. The predicted molar refractivity (Wildman–Crippen MR) is 48.0 cm³/mol. The fourth-order valence-electron chi connectivity index (χ4n) is 1.09. The van der Waals surface area contributed by atoms with Crippen LogP contribution in [0.15, 0.2) is 0 Å². The monoisotopic (exact) mass is 192 g/mol. The number of sulfonamides is 1. The van der Waals surface area contributed by atoms with Crippen molar-refractivity contribution in [2.24, 2.45) is 0 Å². The van der Waals surface area contributed by atoms with Crippen LogP contribution in [-0.2, 0) is 10.0 Å². The standard InChI is InChI=1S/C7H16N2O2S/c1-7(2)12(10,11)8-9-5-3-4-6-9/h7-8H,3-6H2,1-2H3. The minimum atomic E-state index is -3.11. The van der Waals surface area contributed by atoms with Gasteiger partial charge in [0, 0.05) is 13.1 Å². The van der Waals surface area contributed by atoms with Crippen molar-refractivity contribution in [2.45, 2.75) is 31.9 Å². The Morgan fingerprint density at radius 1 is 1.25 bits per heavy atom. The molecule has 0 amide bonds. The first kappa shape index (κ1) is 9.95. The minimum absolute atomic E-state index is 0.349. The van der Waals surface area contributed by atoms with Crippen LogP contribution in [0.1, 0.15) is 26.7 Å². The van der Waals surface area contributed by atoms with Gasteiger partial charge in [-0.15, -0.1) is 4.83 Å². The van der Waals surface area contributed by atoms with Gasteiger partial charge in [-0.3, -0.25) is 0 Å². The van der Waals surface area contributed by atoms with Gasteiger partial charge in [0.2, 0.25) is 10.0 Å². The van der Waals surface area contributed by atoms with Gasteiger partial charge in [0.25, 0.3) is 0 Å². The fourth-order valence-corrected chi connectivity index (χ4v) is 1.85. The third-order valence-electron chi connectivity index (χ3n) is 1.98. The molecule has 0 saturated carbocycles. The summed E-state index contributed by atoms with van der Waals surface area (Å²) in [6.45, 7) is 5.04. The molecule has 1 N–H and O–H groups in total. The summed E-state index contributed by atoms with van der Waals surface area (Å²) in [6, 6.07) is 0. The van der Waals surface area contributed by atoms with Gasteiger partial charge in [0.1, 0.15) is 0 Å². The van der Waals surface area contributed by atoms with Crippen LogP contribution in [-0.4, -0.2) is 31.8 Å². The summed E-state index contributed by atoms with van der Waals surface area (Å²) in [6.07, 6.45) is 2.17. The Bertz CT molecular complexity index is 230. The zero-order valence-electron chi connectivity index (χ0n) is 7.58. The smallest absolute Gasteiger partial charge is 0.226 e. The average molecular weight is 192 g/mol. The van der Waals surface area contributed by atoms with Gasteiger partial charge in [-0.2, -0.15) is 0 Å². The summed E-state index contributed by atoms with van der Waals surface area (Å²) < 4.78 is 22.7. The first-order valence-electron chi connectivity index (χ1n) is 4.28. The quantitative estimate of drug-likeness (QED) is 0.701. The fraction of sp³-hybridized carbons (Fsp3) is 1.00. The first-order chi connectivity index (χ1) is 5.52. The Morgan fingerprint density at radius 3 is 2.17 bits per heavy atom. The molecule has 0 spiro atoms. The normalized spacial score (nSPS) is 20.6. The van der Waals surface area contributed by atoms with E-state index in [0.717, 1.165) is 25.9 Å². The van der Waals surface area contributed by atoms with Crippen LogP contribution >= 0.6 is 0 Å². The second kappa shape index (κ2) is 3.72. The second-order valence-corrected chi connectivity index (χ2v) is 5.59. The third kappa shape index (κ3) is 2.43. The summed E-state index contributed by atoms with van der Waals surface area (Å²) >= 11 is 0. The molecule has 0 atom stereocenters. The maximum Gasteiger partial charge on any atom is 0.226 e. The van der Waals surface area contributed by atoms with E-state index in [1.54, 1.807) is 18.9 Å². The Labute approximate surface area is 74.0 Å². The van der Waals surface area contributed by atoms with Crippen LogP contribution < -0.4 is 4.83 Å². The molecule has 0 aromatic rings. The van der Waals surface area contributed by atoms with Crippen molar-refractivity contribution in [3.05, 3.63) is 0 Å². The maximum absolute atomic E-state index is 11.3. The van der Waals surface area contributed by atoms with Gasteiger partial charge in [-0.05, 0) is 26.7 Å². The largest absolute Gasteiger partial charge is 0.231 e. The highest BCUT2D eigenvalue weighted by molar-refractivity contribution is 7.90. The Morgan fingerprint density at radius 2 is 1.75 bits per heavy atom. The van der Waals surface area contributed by atoms with Crippen LogP contribution in [0.25, 0.3) is 0 Å². The molecule has 0 radical (unpaired) electrons. The number of nitrogens with zero attached hydrogens (tertiary/aromatic N) is 1. The molecule has 1 fully saturated rings. The van der Waals surface area contributed by atoms with Crippen LogP contribution in [0.3, 0.4) is 0 Å². The van der Waals surface area contributed by atoms with Crippen LogP contribution in [0.5, 0.6) is 0 Å². The number of rotatable bonds is 3. The van der Waals surface area contributed by atoms with Gasteiger partial charge in [0.05, 0.1) is 5.25 Å². The van der Waals surface area contributed by atoms with Crippen molar-refractivity contribution in [1.29, 1.82) is 0 Å². The van der Waals surface area contributed by atoms with E-state index in [9.17, 15) is 8.42 Å². The Kier molecular flexibility index (Phi) is 3.09. The maximum atomic E-state index is 11.3. The topological polar surface area (TPSA) is 49.4 Å². The molecular weight excluding hydrogens is 176 g/mol. The van der Waals surface area contributed by atoms with Crippen molar-refractivity contribution in [1.82, 2.24) is 9.84 Å². The van der Waals surface area contributed by atoms with E-state index in [-0.39, 0.29) is 5.25 Å². The highest BCUT2D eigenvalue weighted by Gasteiger charge is 2.21. The lowest BCUT2D eigenvalue weighted by molar-refractivity contribution is 0.299. The Hall–Kier alpha value is -0.130. The molecule has 72 valence electrons. The second-order valence-electron chi connectivity index (χ2n) is 3.38. The lowest BCUT2D eigenvalue weighted by Crippen LogP contribution is -2.43. The number of nitrogens with one attached hydrogen (secondary N) is 1. The van der Waals surface area contributed by atoms with E-state index in [1.807, 2.05) is 0 Å². The van der Waals surface area contributed by atoms with Crippen LogP contribution in [0.4, 0.5) is 0 Å². The van der Waals surface area contributed by atoms with Gasteiger partial charge in [-0.25, -0.2) is 13.4 Å². The molecule has 4 nitrogen and oxygen atoms in total. The van der Waals surface area contributed by atoms with E-state index >= 15 is 0 Å². The van der Waals surface area contributed by atoms with E-state index in [1.165, 1.54) is 0 Å². The number of hydrogen-bond acceptors (Lipinski definition) is 3. The zero-order valence-corrected chi connectivity index (χ0v) is 8.39. The van der Waals surface area contributed by atoms with Gasteiger partial charge in [-0.1, -0.05) is 0 Å². The number of hydrogen-bond donors (Lipinski definition) is 1. The van der Waals surface area contributed by atoms with E-state index < -0.39 is 10.0 Å². The van der Waals surface area contributed by atoms with E-state index in [0.29, 0.717) is 0 Å². The summed E-state index contributed by atoms with van der Waals surface area (Å²) in [5.41, 5.74) is 0. The highest BCUT2D eigenvalue weighted by Crippen LogP contribution is 2.06. The van der Waals surface area contributed by atoms with Crippen molar-refractivity contribution >= 4 is 10.0 Å². The lowest BCUT2D eigenvalue weighted by atomic mass is 10.4. The summed E-state index contributed by atoms with van der Waals surface area (Å²) in [7, 11) is -3.11. The molecule has 0 aromatic heterocycles. The molecule has 1 aliphatic heterocycles. The molecule has 1 rings (SSSR count). The molecule has 0 unspecified atom stereocenters. The van der Waals surface area contributed by atoms with Crippen molar-refractivity contribution < 1.29 is 8.42 Å². The first-order valence-corrected chi connectivity index (χ1v) is 5.83. The molecule has 0 bridgehead atoms. The Balaban J connectivity index is 2.49. The molecular formula is C7H16N2O2S. The molecule has 12 heavy (non-hydrogen) atoms. The minimum Gasteiger partial charge on any atom is -0.231 e. The molecule has 1 aliphatic rings. The summed E-state index contributed by atoms with van der Waals surface area (Å²) in [4.78, 5) is 2.56. The van der Waals surface area contributed by atoms with Gasteiger partial charge in [0.15, 0.2) is 0 Å². The zero-order chi connectivity index (χ0) is 9.19. The molecule has 5 heteroatoms. The average Bonchev–Trinajstić information content (AvgIpc) is 2.38. The SMILES string of the molecule is CC(C)S(=O)(=O)NN1CCCC1. The molecule has 0 aliphatic carbocycles. The van der Waals surface area contributed by atoms with Crippen molar-refractivity contribution in [3.63, 3.8) is 0 Å². The van der Waals surface area contributed by atoms with Gasteiger partial charge >= 0.3 is 0 Å². The van der Waals surface area contributed by atoms with E-state index in [4.69, 9.17) is 0 Å². The van der Waals surface area contributed by atoms with Crippen molar-refractivity contribution in [2.75, 3.05) is 13.1 Å². The van der Waals surface area contributed by atoms with Gasteiger partial charge < -0.3 is 0 Å². The molecule has 0 aromatic carbocycles. The summed E-state index contributed by atoms with van der Waals surface area (Å²) in [5.74, 6) is 0. The molecule has 1 heterocycles.